The summed E-state index contributed by atoms with van der Waals surface area (Å²) in [6.07, 6.45) is 0.157. The highest BCUT2D eigenvalue weighted by molar-refractivity contribution is 5.92. The van der Waals surface area contributed by atoms with Crippen molar-refractivity contribution >= 4 is 16.9 Å². The van der Waals surface area contributed by atoms with Gasteiger partial charge in [-0.15, -0.1) is 0 Å². The molecule has 2 aromatic heterocycles. The van der Waals surface area contributed by atoms with E-state index in [4.69, 9.17) is 0 Å². The van der Waals surface area contributed by atoms with E-state index < -0.39 is 29.0 Å². The van der Waals surface area contributed by atoms with Crippen LogP contribution >= 0.6 is 0 Å². The van der Waals surface area contributed by atoms with Crippen LogP contribution in [0.3, 0.4) is 0 Å². The van der Waals surface area contributed by atoms with Crippen LogP contribution in [-0.4, -0.2) is 49.9 Å². The number of aromatic carboxylic acids is 1. The molecule has 30 heavy (non-hydrogen) atoms. The number of carboxylic acids is 1. The zero-order valence-electron chi connectivity index (χ0n) is 16.9. The maximum atomic E-state index is 13.5. The topological polar surface area (TPSA) is 98.6 Å². The minimum atomic E-state index is -1.46. The third-order valence-corrected chi connectivity index (χ3v) is 5.89. The largest absolute Gasteiger partial charge is 0.506 e. The fourth-order valence-corrected chi connectivity index (χ4v) is 4.29. The van der Waals surface area contributed by atoms with E-state index in [1.54, 1.807) is 6.92 Å². The first-order valence-electron chi connectivity index (χ1n) is 9.96. The Kier molecular flexibility index (Phi) is 5.11. The van der Waals surface area contributed by atoms with Crippen LogP contribution < -0.4 is 5.56 Å². The van der Waals surface area contributed by atoms with E-state index in [0.29, 0.717) is 42.8 Å². The normalized spacial score (nSPS) is 17.1. The van der Waals surface area contributed by atoms with Crippen molar-refractivity contribution in [1.82, 2.24) is 14.5 Å². The van der Waals surface area contributed by atoms with Crippen LogP contribution in [-0.2, 0) is 20.0 Å². The van der Waals surface area contributed by atoms with Gasteiger partial charge in [0.25, 0.3) is 5.56 Å². The minimum Gasteiger partial charge on any atom is -0.506 e. The number of hydrogen-bond donors (Lipinski definition) is 3. The summed E-state index contributed by atoms with van der Waals surface area (Å²) in [5, 5.41) is 20.6. The SMILES string of the molecule is CCc1c(-c2ccc3c(c2)cc(CN2CC[C@@H](F)C2)n3C)[nH]c(=O)c(C(=O)O)c1O. The van der Waals surface area contributed by atoms with Gasteiger partial charge in [-0.25, -0.2) is 9.18 Å². The molecule has 4 rings (SSSR count). The number of aromatic hydroxyl groups is 1. The Balaban J connectivity index is 1.77. The predicted octanol–water partition coefficient (Wildman–Crippen LogP) is 3.04. The first kappa shape index (κ1) is 20.2. The van der Waals surface area contributed by atoms with Crippen molar-refractivity contribution in [1.29, 1.82) is 0 Å². The summed E-state index contributed by atoms with van der Waals surface area (Å²) in [5.41, 5.74) is 2.06. The van der Waals surface area contributed by atoms with Gasteiger partial charge in [-0.1, -0.05) is 13.0 Å². The monoisotopic (exact) mass is 413 g/mol. The Labute approximate surface area is 172 Å². The maximum Gasteiger partial charge on any atom is 0.345 e. The molecule has 3 heterocycles. The van der Waals surface area contributed by atoms with Gasteiger partial charge in [0.2, 0.25) is 0 Å². The smallest absolute Gasteiger partial charge is 0.345 e. The number of aromatic amines is 1. The molecule has 0 unspecified atom stereocenters. The lowest BCUT2D eigenvalue weighted by molar-refractivity contribution is 0.0691. The van der Waals surface area contributed by atoms with Gasteiger partial charge in [-0.05, 0) is 36.6 Å². The molecule has 0 bridgehead atoms. The molecule has 1 fully saturated rings. The van der Waals surface area contributed by atoms with E-state index in [-0.39, 0.29) is 0 Å². The number of likely N-dealkylation sites (tertiary alicyclic amines) is 1. The maximum absolute atomic E-state index is 13.5. The number of alkyl halides is 1. The first-order chi connectivity index (χ1) is 14.3. The highest BCUT2D eigenvalue weighted by Gasteiger charge is 2.24. The van der Waals surface area contributed by atoms with E-state index in [1.165, 1.54) is 0 Å². The summed E-state index contributed by atoms with van der Waals surface area (Å²) in [5.74, 6) is -1.96. The molecule has 1 saturated heterocycles. The van der Waals surface area contributed by atoms with Crippen molar-refractivity contribution in [2.45, 2.75) is 32.5 Å². The fraction of sp³-hybridized carbons (Fsp3) is 0.364. The number of nitrogens with one attached hydrogen (secondary N) is 1. The Morgan fingerprint density at radius 1 is 1.33 bits per heavy atom. The third kappa shape index (κ3) is 3.37. The lowest BCUT2D eigenvalue weighted by Gasteiger charge is -2.15. The number of aromatic nitrogens is 2. The van der Waals surface area contributed by atoms with Crippen LogP contribution in [0, 0.1) is 0 Å². The Morgan fingerprint density at radius 2 is 2.10 bits per heavy atom. The van der Waals surface area contributed by atoms with Crippen molar-refractivity contribution in [2.75, 3.05) is 13.1 Å². The summed E-state index contributed by atoms with van der Waals surface area (Å²) < 4.78 is 15.6. The summed E-state index contributed by atoms with van der Waals surface area (Å²) in [4.78, 5) is 28.3. The van der Waals surface area contributed by atoms with Gasteiger partial charge < -0.3 is 19.8 Å². The molecule has 0 radical (unpaired) electrons. The number of rotatable bonds is 5. The van der Waals surface area contributed by atoms with Gasteiger partial charge in [0.05, 0.1) is 5.69 Å². The number of halogens is 1. The van der Waals surface area contributed by atoms with Crippen molar-refractivity contribution in [3.8, 4) is 17.0 Å². The number of pyridine rings is 1. The first-order valence-corrected chi connectivity index (χ1v) is 9.96. The van der Waals surface area contributed by atoms with E-state index in [9.17, 15) is 24.2 Å². The van der Waals surface area contributed by atoms with Crippen molar-refractivity contribution in [3.05, 3.63) is 51.4 Å². The number of carboxylic acid groups (broad SMARTS) is 1. The van der Waals surface area contributed by atoms with Crippen LogP contribution in [0.5, 0.6) is 5.75 Å². The number of nitrogens with zero attached hydrogens (tertiary/aromatic N) is 2. The molecule has 1 aliphatic rings. The standard InChI is InChI=1S/C22H24FN3O4/c1-3-16-19(24-21(28)18(20(16)27)22(29)30)12-4-5-17-13(8-12)9-15(25(17)2)11-26-7-6-14(23)10-26/h4-5,8-9,14H,3,6-7,10-11H2,1-2H3,(H,29,30)(H2,24,27,28)/t14-/m1/s1. The number of carbonyl (C=O) groups is 1. The summed E-state index contributed by atoms with van der Waals surface area (Å²) in [6, 6.07) is 7.71. The van der Waals surface area contributed by atoms with Gasteiger partial charge in [0.15, 0.2) is 5.56 Å². The van der Waals surface area contributed by atoms with Crippen LogP contribution in [0.4, 0.5) is 4.39 Å². The lowest BCUT2D eigenvalue weighted by Crippen LogP contribution is -2.21. The average molecular weight is 413 g/mol. The Morgan fingerprint density at radius 3 is 2.73 bits per heavy atom. The van der Waals surface area contributed by atoms with E-state index >= 15 is 0 Å². The second kappa shape index (κ2) is 7.60. The lowest BCUT2D eigenvalue weighted by atomic mass is 9.99. The number of fused-ring (bicyclic) bond motifs is 1. The van der Waals surface area contributed by atoms with E-state index in [1.807, 2.05) is 31.3 Å². The molecule has 0 amide bonds. The second-order valence-corrected chi connectivity index (χ2v) is 7.78. The summed E-state index contributed by atoms with van der Waals surface area (Å²) in [7, 11) is 1.97. The number of H-pyrrole nitrogens is 1. The molecule has 0 spiro atoms. The summed E-state index contributed by atoms with van der Waals surface area (Å²) >= 11 is 0. The molecule has 3 N–H and O–H groups in total. The van der Waals surface area contributed by atoms with Gasteiger partial charge in [0.1, 0.15) is 11.9 Å². The van der Waals surface area contributed by atoms with Crippen molar-refractivity contribution in [2.24, 2.45) is 7.05 Å². The van der Waals surface area contributed by atoms with Gasteiger partial charge in [0, 0.05) is 48.8 Å². The van der Waals surface area contributed by atoms with E-state index in [0.717, 1.165) is 23.1 Å². The molecule has 1 atom stereocenters. The molecule has 1 aromatic carbocycles. The van der Waals surface area contributed by atoms with Gasteiger partial charge in [-0.3, -0.25) is 9.69 Å². The molecular formula is C22H24FN3O4. The van der Waals surface area contributed by atoms with Gasteiger partial charge >= 0.3 is 5.97 Å². The zero-order valence-corrected chi connectivity index (χ0v) is 16.9. The molecule has 0 saturated carbocycles. The van der Waals surface area contributed by atoms with Crippen LogP contribution in [0.2, 0.25) is 0 Å². The molecule has 158 valence electrons. The van der Waals surface area contributed by atoms with Gasteiger partial charge in [-0.2, -0.15) is 0 Å². The third-order valence-electron chi connectivity index (χ3n) is 5.89. The molecule has 8 heteroatoms. The highest BCUT2D eigenvalue weighted by atomic mass is 19.1. The summed E-state index contributed by atoms with van der Waals surface area (Å²) in [6.45, 7) is 3.63. The predicted molar refractivity (Wildman–Crippen MR) is 112 cm³/mol. The number of hydrogen-bond acceptors (Lipinski definition) is 4. The van der Waals surface area contributed by atoms with Crippen LogP contribution in [0.1, 0.15) is 35.0 Å². The minimum absolute atomic E-state index is 0.357. The molecular weight excluding hydrogens is 389 g/mol. The molecule has 1 aliphatic heterocycles. The quantitative estimate of drug-likeness (QED) is 0.597. The average Bonchev–Trinajstić information content (AvgIpc) is 3.24. The molecule has 7 nitrogen and oxygen atoms in total. The fourth-order valence-electron chi connectivity index (χ4n) is 4.29. The Hall–Kier alpha value is -3.13. The Bertz CT molecular complexity index is 1200. The van der Waals surface area contributed by atoms with Crippen molar-refractivity contribution < 1.29 is 19.4 Å². The number of aryl methyl sites for hydroxylation is 1. The second-order valence-electron chi connectivity index (χ2n) is 7.78. The van der Waals surface area contributed by atoms with E-state index in [2.05, 4.69) is 14.5 Å². The zero-order chi connectivity index (χ0) is 21.6. The molecule has 0 aliphatic carbocycles. The number of benzene rings is 1. The highest BCUT2D eigenvalue weighted by Crippen LogP contribution is 2.32. The van der Waals surface area contributed by atoms with Crippen LogP contribution in [0.15, 0.2) is 29.1 Å². The van der Waals surface area contributed by atoms with Crippen molar-refractivity contribution in [3.63, 3.8) is 0 Å². The van der Waals surface area contributed by atoms with Crippen LogP contribution in [0.25, 0.3) is 22.2 Å². The molecule has 3 aromatic rings.